The molecule has 1 unspecified atom stereocenters. The van der Waals surface area contributed by atoms with Crippen molar-refractivity contribution in [2.45, 2.75) is 31.8 Å². The fourth-order valence-electron chi connectivity index (χ4n) is 2.15. The third kappa shape index (κ3) is 3.15. The molecule has 1 fully saturated rings. The molecule has 0 saturated carbocycles. The second-order valence-electron chi connectivity index (χ2n) is 4.89. The molecule has 0 aromatic heterocycles. The van der Waals surface area contributed by atoms with Crippen LogP contribution in [0.4, 0.5) is 4.79 Å². The average molecular weight is 249 g/mol. The molecule has 2 rings (SSSR count). The normalized spacial score (nSPS) is 22.4. The van der Waals surface area contributed by atoms with E-state index < -0.39 is 0 Å². The van der Waals surface area contributed by atoms with E-state index in [1.165, 1.54) is 5.56 Å². The van der Waals surface area contributed by atoms with Gasteiger partial charge in [-0.15, -0.1) is 0 Å². The summed E-state index contributed by atoms with van der Waals surface area (Å²) >= 11 is 0. The summed E-state index contributed by atoms with van der Waals surface area (Å²) in [6, 6.07) is 8.07. The monoisotopic (exact) mass is 249 g/mol. The van der Waals surface area contributed by atoms with E-state index in [0.29, 0.717) is 6.54 Å². The van der Waals surface area contributed by atoms with Crippen molar-refractivity contribution in [3.8, 4) is 5.75 Å². The molecule has 1 heterocycles. The summed E-state index contributed by atoms with van der Waals surface area (Å²) in [6.45, 7) is 2.58. The van der Waals surface area contributed by atoms with Gasteiger partial charge in [-0.05, 0) is 43.9 Å². The maximum Gasteiger partial charge on any atom is 0.407 e. The Morgan fingerprint density at radius 1 is 1.39 bits per heavy atom. The molecule has 4 heteroatoms. The smallest absolute Gasteiger partial charge is 0.407 e. The first-order chi connectivity index (χ1) is 8.61. The lowest BCUT2D eigenvalue weighted by molar-refractivity contribution is 0.0636. The fourth-order valence-corrected chi connectivity index (χ4v) is 2.15. The number of hydrogen-bond donors (Lipinski definition) is 1. The highest BCUT2D eigenvalue weighted by molar-refractivity contribution is 5.70. The minimum absolute atomic E-state index is 0.304. The number of alkyl carbamates (subject to hydrolysis) is 1. The summed E-state index contributed by atoms with van der Waals surface area (Å²) in [6.07, 6.45) is 2.55. The van der Waals surface area contributed by atoms with Gasteiger partial charge in [-0.3, -0.25) is 0 Å². The highest BCUT2D eigenvalue weighted by atomic mass is 16.6. The number of rotatable bonds is 5. The van der Waals surface area contributed by atoms with Crippen molar-refractivity contribution in [2.24, 2.45) is 0 Å². The first kappa shape index (κ1) is 12.7. The van der Waals surface area contributed by atoms with Crippen LogP contribution in [0.3, 0.4) is 0 Å². The molecular weight excluding hydrogens is 230 g/mol. The van der Waals surface area contributed by atoms with Crippen LogP contribution in [-0.4, -0.2) is 25.3 Å². The van der Waals surface area contributed by atoms with E-state index in [1.807, 2.05) is 19.1 Å². The predicted octanol–water partition coefficient (Wildman–Crippen LogP) is 2.52. The van der Waals surface area contributed by atoms with Gasteiger partial charge >= 0.3 is 6.09 Å². The van der Waals surface area contributed by atoms with Gasteiger partial charge in [0.1, 0.15) is 11.4 Å². The molecule has 98 valence electrons. The first-order valence-electron chi connectivity index (χ1n) is 6.21. The summed E-state index contributed by atoms with van der Waals surface area (Å²) in [4.78, 5) is 11.0. The maximum absolute atomic E-state index is 11.0. The molecule has 1 aromatic carbocycles. The molecule has 1 saturated heterocycles. The molecular formula is C14H19NO3. The molecule has 0 spiro atoms. The van der Waals surface area contributed by atoms with E-state index in [2.05, 4.69) is 17.4 Å². The molecule has 1 N–H and O–H groups in total. The van der Waals surface area contributed by atoms with E-state index in [1.54, 1.807) is 7.11 Å². The number of amides is 1. The lowest BCUT2D eigenvalue weighted by Crippen LogP contribution is -2.29. The van der Waals surface area contributed by atoms with Crippen molar-refractivity contribution in [1.29, 1.82) is 0 Å². The molecule has 0 radical (unpaired) electrons. The topological polar surface area (TPSA) is 47.6 Å². The second kappa shape index (κ2) is 5.29. The largest absolute Gasteiger partial charge is 0.497 e. The molecule has 1 atom stereocenters. The van der Waals surface area contributed by atoms with Gasteiger partial charge in [0.25, 0.3) is 0 Å². The molecule has 1 amide bonds. The zero-order chi connectivity index (χ0) is 13.0. The lowest BCUT2D eigenvalue weighted by atomic mass is 9.97. The van der Waals surface area contributed by atoms with Gasteiger partial charge in [0.05, 0.1) is 13.7 Å². The highest BCUT2D eigenvalue weighted by Crippen LogP contribution is 2.23. The zero-order valence-corrected chi connectivity index (χ0v) is 10.9. The van der Waals surface area contributed by atoms with E-state index >= 15 is 0 Å². The molecule has 1 aliphatic heterocycles. The summed E-state index contributed by atoms with van der Waals surface area (Å²) in [7, 11) is 1.66. The molecule has 1 aliphatic rings. The Labute approximate surface area is 107 Å². The van der Waals surface area contributed by atoms with Crippen LogP contribution in [0.15, 0.2) is 24.3 Å². The van der Waals surface area contributed by atoms with Gasteiger partial charge in [0.2, 0.25) is 0 Å². The molecule has 18 heavy (non-hydrogen) atoms. The van der Waals surface area contributed by atoms with Crippen molar-refractivity contribution in [3.05, 3.63) is 29.8 Å². The van der Waals surface area contributed by atoms with Gasteiger partial charge < -0.3 is 14.8 Å². The van der Waals surface area contributed by atoms with E-state index in [0.717, 1.165) is 25.0 Å². The summed E-state index contributed by atoms with van der Waals surface area (Å²) in [5, 5.41) is 2.70. The standard InChI is InChI=1S/C14H19NO3/c1-14(10-15-13(16)18-14)9-3-4-11-5-7-12(17-2)8-6-11/h5-8H,3-4,9-10H2,1-2H3,(H,15,16). The Hall–Kier alpha value is -1.71. The van der Waals surface area contributed by atoms with E-state index in [-0.39, 0.29) is 11.7 Å². The van der Waals surface area contributed by atoms with Crippen LogP contribution in [0, 0.1) is 0 Å². The lowest BCUT2D eigenvalue weighted by Gasteiger charge is -2.20. The van der Waals surface area contributed by atoms with Crippen LogP contribution >= 0.6 is 0 Å². The van der Waals surface area contributed by atoms with Crippen LogP contribution in [0.1, 0.15) is 25.3 Å². The SMILES string of the molecule is COc1ccc(CCCC2(C)CNC(=O)O2)cc1. The number of methoxy groups -OCH3 is 1. The summed E-state index contributed by atoms with van der Waals surface area (Å²) < 4.78 is 10.4. The van der Waals surface area contributed by atoms with Crippen LogP contribution in [0.25, 0.3) is 0 Å². The van der Waals surface area contributed by atoms with E-state index in [4.69, 9.17) is 9.47 Å². The number of nitrogens with one attached hydrogen (secondary N) is 1. The minimum Gasteiger partial charge on any atom is -0.497 e. The molecule has 1 aromatic rings. The number of aryl methyl sites for hydroxylation is 1. The minimum atomic E-state index is -0.344. The molecule has 0 aliphatic carbocycles. The molecule has 4 nitrogen and oxygen atoms in total. The van der Waals surface area contributed by atoms with Crippen LogP contribution < -0.4 is 10.1 Å². The van der Waals surface area contributed by atoms with Crippen molar-refractivity contribution in [1.82, 2.24) is 5.32 Å². The number of carbonyl (C=O) groups is 1. The number of benzene rings is 1. The Morgan fingerprint density at radius 3 is 2.67 bits per heavy atom. The molecule has 0 bridgehead atoms. The number of ether oxygens (including phenoxy) is 2. The summed E-state index contributed by atoms with van der Waals surface area (Å²) in [5.74, 6) is 0.875. The highest BCUT2D eigenvalue weighted by Gasteiger charge is 2.34. The van der Waals surface area contributed by atoms with Gasteiger partial charge in [-0.2, -0.15) is 0 Å². The quantitative estimate of drug-likeness (QED) is 0.872. The van der Waals surface area contributed by atoms with Crippen molar-refractivity contribution in [2.75, 3.05) is 13.7 Å². The third-order valence-corrected chi connectivity index (χ3v) is 3.28. The Bertz CT molecular complexity index is 416. The first-order valence-corrected chi connectivity index (χ1v) is 6.21. The van der Waals surface area contributed by atoms with Crippen molar-refractivity contribution >= 4 is 6.09 Å². The van der Waals surface area contributed by atoms with Gasteiger partial charge in [0, 0.05) is 0 Å². The number of carbonyl (C=O) groups excluding carboxylic acids is 1. The van der Waals surface area contributed by atoms with Crippen molar-refractivity contribution in [3.63, 3.8) is 0 Å². The van der Waals surface area contributed by atoms with Crippen LogP contribution in [-0.2, 0) is 11.2 Å². The zero-order valence-electron chi connectivity index (χ0n) is 10.9. The van der Waals surface area contributed by atoms with Crippen LogP contribution in [0.2, 0.25) is 0 Å². The van der Waals surface area contributed by atoms with Crippen molar-refractivity contribution < 1.29 is 14.3 Å². The van der Waals surface area contributed by atoms with E-state index in [9.17, 15) is 4.79 Å². The maximum atomic E-state index is 11.0. The second-order valence-corrected chi connectivity index (χ2v) is 4.89. The fraction of sp³-hybridized carbons (Fsp3) is 0.500. The Balaban J connectivity index is 1.79. The third-order valence-electron chi connectivity index (χ3n) is 3.28. The van der Waals surface area contributed by atoms with Gasteiger partial charge in [0.15, 0.2) is 0 Å². The summed E-state index contributed by atoms with van der Waals surface area (Å²) in [5.41, 5.74) is 0.931. The Morgan fingerprint density at radius 2 is 2.11 bits per heavy atom. The number of hydrogen-bond acceptors (Lipinski definition) is 3. The predicted molar refractivity (Wildman–Crippen MR) is 68.8 cm³/mol. The Kier molecular flexibility index (Phi) is 3.75. The average Bonchev–Trinajstić information content (AvgIpc) is 2.70. The van der Waals surface area contributed by atoms with Crippen LogP contribution in [0.5, 0.6) is 5.75 Å². The van der Waals surface area contributed by atoms with Gasteiger partial charge in [-0.25, -0.2) is 4.79 Å². The van der Waals surface area contributed by atoms with Gasteiger partial charge in [-0.1, -0.05) is 12.1 Å². The number of cyclic esters (lactones) is 1.